The molecule has 2 rings (SSSR count). The van der Waals surface area contributed by atoms with Crippen LogP contribution in [0.3, 0.4) is 0 Å². The molecule has 0 aliphatic carbocycles. The van der Waals surface area contributed by atoms with Gasteiger partial charge in [0.2, 0.25) is 5.91 Å². The number of carbonyl (C=O) groups excluding carboxylic acids is 1. The first-order chi connectivity index (χ1) is 9.91. The number of benzene rings is 1. The van der Waals surface area contributed by atoms with Crippen molar-refractivity contribution in [1.29, 1.82) is 0 Å². The maximum atomic E-state index is 12.5. The second kappa shape index (κ2) is 6.44. The molecule has 1 aromatic carbocycles. The Hall–Kier alpha value is -1.60. The summed E-state index contributed by atoms with van der Waals surface area (Å²) in [5.41, 5.74) is -0.0766. The lowest BCUT2D eigenvalue weighted by Crippen LogP contribution is -2.43. The molecule has 1 aromatic rings. The number of nitrogens with zero attached hydrogens (tertiary/aromatic N) is 1. The number of hydrogen-bond acceptors (Lipinski definition) is 3. The number of rotatable bonds is 3. The smallest absolute Gasteiger partial charge is 0.375 e. The minimum atomic E-state index is -4.35. The topological polar surface area (TPSA) is 38.8 Å². The molecule has 1 aliphatic heterocycles. The summed E-state index contributed by atoms with van der Waals surface area (Å²) in [6.45, 7) is 1.10. The highest BCUT2D eigenvalue weighted by Gasteiger charge is 2.31. The van der Waals surface area contributed by atoms with Gasteiger partial charge in [-0.3, -0.25) is 4.79 Å². The quantitative estimate of drug-likeness (QED) is 0.860. The predicted molar refractivity (Wildman–Crippen MR) is 68.6 cm³/mol. The lowest BCUT2D eigenvalue weighted by molar-refractivity contribution is -0.142. The number of alkyl halides is 3. The molecule has 0 spiro atoms. The molecule has 1 fully saturated rings. The molecule has 1 unspecified atom stereocenters. The van der Waals surface area contributed by atoms with E-state index in [9.17, 15) is 18.0 Å². The fraction of sp³-hybridized carbons (Fsp3) is 0.500. The van der Waals surface area contributed by atoms with E-state index < -0.39 is 17.8 Å². The van der Waals surface area contributed by atoms with E-state index in [1.54, 1.807) is 4.90 Å². The van der Waals surface area contributed by atoms with Gasteiger partial charge < -0.3 is 14.4 Å². The maximum absolute atomic E-state index is 12.5. The fourth-order valence-corrected chi connectivity index (χ4v) is 2.18. The van der Waals surface area contributed by atoms with Crippen molar-refractivity contribution in [1.82, 2.24) is 4.90 Å². The summed E-state index contributed by atoms with van der Waals surface area (Å²) in [5, 5.41) is 0. The molecule has 21 heavy (non-hydrogen) atoms. The van der Waals surface area contributed by atoms with E-state index in [0.29, 0.717) is 25.3 Å². The molecular weight excluding hydrogens is 287 g/mol. The van der Waals surface area contributed by atoms with Crippen LogP contribution < -0.4 is 0 Å². The van der Waals surface area contributed by atoms with E-state index in [1.807, 2.05) is 0 Å². The first kappa shape index (κ1) is 15.8. The SMILES string of the molecule is COCC(=O)N1CCOC(c2ccc(C(F)(F)F)cc2)C1. The van der Waals surface area contributed by atoms with Gasteiger partial charge in [0, 0.05) is 13.7 Å². The van der Waals surface area contributed by atoms with Gasteiger partial charge >= 0.3 is 6.18 Å². The van der Waals surface area contributed by atoms with Crippen LogP contribution in [0.15, 0.2) is 24.3 Å². The molecule has 0 N–H and O–H groups in total. The standard InChI is InChI=1S/C14H16F3NO3/c1-20-9-13(19)18-6-7-21-12(8-18)10-2-4-11(5-3-10)14(15,16)17/h2-5,12H,6-9H2,1H3. The number of carbonyl (C=O) groups is 1. The summed E-state index contributed by atoms with van der Waals surface area (Å²) >= 11 is 0. The van der Waals surface area contributed by atoms with Crippen LogP contribution in [0.25, 0.3) is 0 Å². The average molecular weight is 303 g/mol. The number of halogens is 3. The van der Waals surface area contributed by atoms with Crippen LogP contribution in [0, 0.1) is 0 Å². The normalized spacial score (nSPS) is 19.6. The zero-order valence-electron chi connectivity index (χ0n) is 11.5. The Morgan fingerprint density at radius 3 is 2.62 bits per heavy atom. The molecule has 116 valence electrons. The molecule has 0 aromatic heterocycles. The van der Waals surface area contributed by atoms with Gasteiger partial charge in [-0.1, -0.05) is 12.1 Å². The van der Waals surface area contributed by atoms with Crippen molar-refractivity contribution < 1.29 is 27.4 Å². The van der Waals surface area contributed by atoms with Crippen molar-refractivity contribution in [2.75, 3.05) is 33.4 Å². The van der Waals surface area contributed by atoms with Gasteiger partial charge in [-0.05, 0) is 17.7 Å². The second-order valence-electron chi connectivity index (χ2n) is 4.75. The summed E-state index contributed by atoms with van der Waals surface area (Å²) in [7, 11) is 1.44. The van der Waals surface area contributed by atoms with Crippen LogP contribution in [0.5, 0.6) is 0 Å². The summed E-state index contributed by atoms with van der Waals surface area (Å²) in [6, 6.07) is 4.82. The van der Waals surface area contributed by atoms with Crippen molar-refractivity contribution in [3.05, 3.63) is 35.4 Å². The van der Waals surface area contributed by atoms with Gasteiger partial charge in [-0.25, -0.2) is 0 Å². The Bertz CT molecular complexity index is 487. The predicted octanol–water partition coefficient (Wildman–Crippen LogP) is 2.25. The molecule has 1 heterocycles. The summed E-state index contributed by atoms with van der Waals surface area (Å²) in [4.78, 5) is 13.3. The summed E-state index contributed by atoms with van der Waals surface area (Å²) < 4.78 is 47.9. The van der Waals surface area contributed by atoms with Crippen LogP contribution >= 0.6 is 0 Å². The lowest BCUT2D eigenvalue weighted by atomic mass is 10.1. The zero-order chi connectivity index (χ0) is 15.5. The number of ether oxygens (including phenoxy) is 2. The fourth-order valence-electron chi connectivity index (χ4n) is 2.18. The molecule has 0 saturated carbocycles. The van der Waals surface area contributed by atoms with E-state index in [4.69, 9.17) is 9.47 Å². The second-order valence-corrected chi connectivity index (χ2v) is 4.75. The van der Waals surface area contributed by atoms with E-state index >= 15 is 0 Å². The molecule has 1 saturated heterocycles. The van der Waals surface area contributed by atoms with E-state index in [0.717, 1.165) is 12.1 Å². The molecule has 0 bridgehead atoms. The molecular formula is C14H16F3NO3. The van der Waals surface area contributed by atoms with Crippen LogP contribution in [0.2, 0.25) is 0 Å². The average Bonchev–Trinajstić information content (AvgIpc) is 2.47. The van der Waals surface area contributed by atoms with Gasteiger partial charge in [0.1, 0.15) is 12.7 Å². The van der Waals surface area contributed by atoms with Crippen LogP contribution in [-0.2, 0) is 20.4 Å². The van der Waals surface area contributed by atoms with Crippen LogP contribution in [0.4, 0.5) is 13.2 Å². The van der Waals surface area contributed by atoms with Crippen molar-refractivity contribution in [3.63, 3.8) is 0 Å². The lowest BCUT2D eigenvalue weighted by Gasteiger charge is -2.33. The third kappa shape index (κ3) is 3.95. The maximum Gasteiger partial charge on any atom is 0.416 e. The van der Waals surface area contributed by atoms with E-state index in [-0.39, 0.29) is 12.5 Å². The minimum absolute atomic E-state index is 0.0142. The first-order valence-electron chi connectivity index (χ1n) is 6.47. The Labute approximate surface area is 120 Å². The molecule has 1 amide bonds. The van der Waals surface area contributed by atoms with E-state index in [1.165, 1.54) is 19.2 Å². The minimum Gasteiger partial charge on any atom is -0.375 e. The van der Waals surface area contributed by atoms with Gasteiger partial charge in [-0.15, -0.1) is 0 Å². The van der Waals surface area contributed by atoms with Gasteiger partial charge in [-0.2, -0.15) is 13.2 Å². The molecule has 0 radical (unpaired) electrons. The largest absolute Gasteiger partial charge is 0.416 e. The Morgan fingerprint density at radius 1 is 1.38 bits per heavy atom. The van der Waals surface area contributed by atoms with Crippen molar-refractivity contribution in [2.24, 2.45) is 0 Å². The molecule has 1 aliphatic rings. The highest BCUT2D eigenvalue weighted by Crippen LogP contribution is 2.31. The number of morpholine rings is 1. The number of hydrogen-bond donors (Lipinski definition) is 0. The summed E-state index contributed by atoms with van der Waals surface area (Å²) in [5.74, 6) is -0.155. The van der Waals surface area contributed by atoms with Crippen LogP contribution in [-0.4, -0.2) is 44.2 Å². The molecule has 1 atom stereocenters. The van der Waals surface area contributed by atoms with Gasteiger partial charge in [0.05, 0.1) is 18.7 Å². The first-order valence-corrected chi connectivity index (χ1v) is 6.47. The Morgan fingerprint density at radius 2 is 2.05 bits per heavy atom. The van der Waals surface area contributed by atoms with Crippen molar-refractivity contribution in [3.8, 4) is 0 Å². The number of methoxy groups -OCH3 is 1. The van der Waals surface area contributed by atoms with Crippen molar-refractivity contribution >= 4 is 5.91 Å². The third-order valence-corrected chi connectivity index (χ3v) is 3.30. The van der Waals surface area contributed by atoms with Gasteiger partial charge in [0.15, 0.2) is 0 Å². The highest BCUT2D eigenvalue weighted by atomic mass is 19.4. The van der Waals surface area contributed by atoms with Crippen molar-refractivity contribution in [2.45, 2.75) is 12.3 Å². The molecule has 7 heteroatoms. The van der Waals surface area contributed by atoms with Gasteiger partial charge in [0.25, 0.3) is 0 Å². The monoisotopic (exact) mass is 303 g/mol. The Kier molecular flexibility index (Phi) is 4.84. The van der Waals surface area contributed by atoms with Crippen LogP contribution in [0.1, 0.15) is 17.2 Å². The third-order valence-electron chi connectivity index (χ3n) is 3.30. The Balaban J connectivity index is 2.06. The zero-order valence-corrected chi connectivity index (χ0v) is 11.5. The highest BCUT2D eigenvalue weighted by molar-refractivity contribution is 5.77. The van der Waals surface area contributed by atoms with E-state index in [2.05, 4.69) is 0 Å². The molecule has 4 nitrogen and oxygen atoms in total. The number of amides is 1. The summed E-state index contributed by atoms with van der Waals surface area (Å²) in [6.07, 6.45) is -4.77.